The number of Topliss-reactive ketones (excluding diaryl/α,β-unsaturated/α-hetero) is 1. The van der Waals surface area contributed by atoms with Crippen LogP contribution >= 0.6 is 0 Å². The summed E-state index contributed by atoms with van der Waals surface area (Å²) in [6.45, 7) is 0. The number of fused-ring (bicyclic) bond motifs is 1. The first-order valence-corrected chi connectivity index (χ1v) is 7.53. The quantitative estimate of drug-likeness (QED) is 0.575. The maximum atomic E-state index is 13.7. The number of ketones is 1. The molecular weight excluding hydrogens is 292 g/mol. The molecule has 0 spiro atoms. The normalized spacial score (nSPS) is 35.8. The van der Waals surface area contributed by atoms with Crippen molar-refractivity contribution in [1.82, 2.24) is 0 Å². The fourth-order valence-electron chi connectivity index (χ4n) is 2.66. The van der Waals surface area contributed by atoms with E-state index in [0.717, 1.165) is 0 Å². The Kier molecular flexibility index (Phi) is 2.01. The van der Waals surface area contributed by atoms with Gasteiger partial charge in [0.15, 0.2) is 5.78 Å². The predicted molar refractivity (Wildman–Crippen MR) is 97.5 cm³/mol. The number of carbonyl (C=O) groups excluding carboxylic acids is 1. The van der Waals surface area contributed by atoms with Crippen LogP contribution in [0.1, 0.15) is 65.3 Å². The highest BCUT2D eigenvalue weighted by Gasteiger charge is 2.32. The fourth-order valence-corrected chi connectivity index (χ4v) is 2.66. The zero-order valence-electron chi connectivity index (χ0n) is 22.7. The molecule has 0 amide bonds. The molecule has 1 heteroatoms. The molecule has 0 bridgehead atoms. The van der Waals surface area contributed by atoms with Crippen molar-refractivity contribution in [3.05, 3.63) is 107 Å². The molecule has 0 aromatic heterocycles. The molecule has 0 saturated heterocycles. The van der Waals surface area contributed by atoms with Crippen molar-refractivity contribution in [2.45, 2.75) is 24.5 Å². The van der Waals surface area contributed by atoms with Gasteiger partial charge in [-0.05, 0) is 29.4 Å². The van der Waals surface area contributed by atoms with Gasteiger partial charge in [0.2, 0.25) is 0 Å². The Balaban J connectivity index is 2.25. The van der Waals surface area contributed by atoms with Crippen LogP contribution in [0, 0.1) is 0 Å². The lowest BCUT2D eigenvalue weighted by Gasteiger charge is -2.31. The van der Waals surface area contributed by atoms with E-state index < -0.39 is 65.6 Å². The Hall–Kier alpha value is -2.67. The predicted octanol–water partition coefficient (Wildman–Crippen LogP) is 5.58. The Morgan fingerprint density at radius 3 is 2.25 bits per heavy atom. The molecule has 2 unspecified atom stereocenters. The van der Waals surface area contributed by atoms with Gasteiger partial charge in [0, 0.05) is 25.6 Å². The van der Waals surface area contributed by atoms with Gasteiger partial charge in [0.1, 0.15) is 0 Å². The lowest BCUT2D eigenvalue weighted by atomic mass is 9.72. The third kappa shape index (κ3) is 2.67. The van der Waals surface area contributed by atoms with E-state index in [1.54, 1.807) is 12.1 Å². The highest BCUT2D eigenvalue weighted by molar-refractivity contribution is 6.01. The Morgan fingerprint density at radius 1 is 0.917 bits per heavy atom. The smallest absolute Gasteiger partial charge is 0.170 e. The van der Waals surface area contributed by atoms with E-state index >= 15 is 0 Å². The van der Waals surface area contributed by atoms with Crippen LogP contribution < -0.4 is 0 Å². The SMILES string of the molecule is [2H]c1c([2H])c([2H])c2c(c1[2H])C([2H])(C(=O)c1ccccc1)C([2H])([2H])C([2H])([2H])C2([2H])c1ccccc1. The second-order valence-corrected chi connectivity index (χ2v) is 5.31. The summed E-state index contributed by atoms with van der Waals surface area (Å²) in [6.07, 6.45) is -6.64. The van der Waals surface area contributed by atoms with Crippen molar-refractivity contribution >= 4 is 5.78 Å². The zero-order chi connectivity index (χ0) is 25.3. The maximum Gasteiger partial charge on any atom is 0.170 e. The first-order chi connectivity index (χ1) is 15.8. The number of benzene rings is 3. The molecule has 118 valence electrons. The molecule has 0 fully saturated rings. The summed E-state index contributed by atoms with van der Waals surface area (Å²) in [4.78, 5) is 13.7. The van der Waals surface area contributed by atoms with Crippen LogP contribution in [0.2, 0.25) is 0 Å². The van der Waals surface area contributed by atoms with Gasteiger partial charge in [0.05, 0.1) is 5.48 Å². The largest absolute Gasteiger partial charge is 0.293 e. The summed E-state index contributed by atoms with van der Waals surface area (Å²) in [6, 6.07) is 11.4. The Bertz CT molecular complexity index is 1290. The maximum absolute atomic E-state index is 13.7. The number of hydrogen-bond acceptors (Lipinski definition) is 1. The van der Waals surface area contributed by atoms with Crippen molar-refractivity contribution in [2.24, 2.45) is 0 Å². The standard InChI is InChI=1S/C23H20O/c24-23(18-11-5-2-6-12-18)22-16-15-19(17-9-3-1-4-10-17)20-13-7-8-14-21(20)22/h1-14,19,22H,15-16H2/i7D,8D,13D,14D,15D2,16D2,19D,22D. The van der Waals surface area contributed by atoms with Crippen molar-refractivity contribution < 1.29 is 18.5 Å². The lowest BCUT2D eigenvalue weighted by molar-refractivity contribution is 0.0950. The summed E-state index contributed by atoms with van der Waals surface area (Å²) >= 11 is 0. The van der Waals surface area contributed by atoms with Crippen LogP contribution in [0.3, 0.4) is 0 Å². The highest BCUT2D eigenvalue weighted by atomic mass is 16.1. The van der Waals surface area contributed by atoms with E-state index in [0.29, 0.717) is 0 Å². The van der Waals surface area contributed by atoms with Crippen LogP contribution in [-0.4, -0.2) is 5.78 Å². The van der Waals surface area contributed by atoms with E-state index in [1.807, 2.05) is 0 Å². The monoisotopic (exact) mass is 322 g/mol. The van der Waals surface area contributed by atoms with Gasteiger partial charge in [0.25, 0.3) is 0 Å². The van der Waals surface area contributed by atoms with E-state index in [9.17, 15) is 6.17 Å². The molecule has 0 N–H and O–H groups in total. The van der Waals surface area contributed by atoms with Crippen LogP contribution in [-0.2, 0) is 0 Å². The second kappa shape index (κ2) is 6.45. The zero-order valence-corrected chi connectivity index (χ0v) is 12.7. The number of carbonyl (C=O) groups is 1. The molecule has 1 nitrogen and oxygen atoms in total. The molecule has 0 saturated carbocycles. The van der Waals surface area contributed by atoms with E-state index in [1.165, 1.54) is 48.5 Å². The topological polar surface area (TPSA) is 17.1 Å². The first-order valence-electron chi connectivity index (χ1n) is 12.5. The van der Waals surface area contributed by atoms with Gasteiger partial charge < -0.3 is 0 Å². The molecule has 1 aliphatic rings. The first kappa shape index (κ1) is 7.48. The molecule has 3 aromatic carbocycles. The minimum Gasteiger partial charge on any atom is -0.293 e. The van der Waals surface area contributed by atoms with Gasteiger partial charge in [-0.1, -0.05) is 84.8 Å². The van der Waals surface area contributed by atoms with E-state index in [2.05, 4.69) is 0 Å². The van der Waals surface area contributed by atoms with Crippen LogP contribution in [0.15, 0.2) is 84.8 Å². The summed E-state index contributed by atoms with van der Waals surface area (Å²) in [5.74, 6) is -6.96. The highest BCUT2D eigenvalue weighted by Crippen LogP contribution is 2.43. The van der Waals surface area contributed by atoms with Gasteiger partial charge in [-0.25, -0.2) is 0 Å². The lowest BCUT2D eigenvalue weighted by Crippen LogP contribution is -2.21. The second-order valence-electron chi connectivity index (χ2n) is 5.31. The average molecular weight is 322 g/mol. The molecule has 1 aliphatic carbocycles. The molecule has 0 heterocycles. The van der Waals surface area contributed by atoms with Crippen molar-refractivity contribution in [3.8, 4) is 0 Å². The molecule has 0 radical (unpaired) electrons. The molecule has 4 rings (SSSR count). The molecule has 24 heavy (non-hydrogen) atoms. The van der Waals surface area contributed by atoms with Crippen molar-refractivity contribution in [2.75, 3.05) is 0 Å². The van der Waals surface area contributed by atoms with Gasteiger partial charge in [-0.3, -0.25) is 4.79 Å². The summed E-state index contributed by atoms with van der Waals surface area (Å²) in [5.41, 5.74) is -1.53. The Morgan fingerprint density at radius 2 is 1.54 bits per heavy atom. The van der Waals surface area contributed by atoms with Crippen LogP contribution in [0.4, 0.5) is 0 Å². The molecule has 0 aliphatic heterocycles. The van der Waals surface area contributed by atoms with Gasteiger partial charge in [-0.15, -0.1) is 0 Å². The number of hydrogen-bond donors (Lipinski definition) is 0. The number of rotatable bonds is 3. The summed E-state index contributed by atoms with van der Waals surface area (Å²) in [7, 11) is 0. The Labute approximate surface area is 157 Å². The van der Waals surface area contributed by atoms with Crippen molar-refractivity contribution in [3.63, 3.8) is 0 Å². The average Bonchev–Trinajstić information content (AvgIpc) is 2.83. The minimum atomic E-state index is -3.38. The third-order valence-corrected chi connectivity index (χ3v) is 3.83. The third-order valence-electron chi connectivity index (χ3n) is 3.83. The van der Waals surface area contributed by atoms with Gasteiger partial charge >= 0.3 is 0 Å². The van der Waals surface area contributed by atoms with E-state index in [4.69, 9.17) is 12.3 Å². The fraction of sp³-hybridized carbons (Fsp3) is 0.174. The molecular formula is C23H20O. The summed E-state index contributed by atoms with van der Waals surface area (Å²) < 4.78 is 87.1. The minimum absolute atomic E-state index is 0.0654. The molecule has 3 aromatic rings. The van der Waals surface area contributed by atoms with E-state index in [-0.39, 0.29) is 11.1 Å². The van der Waals surface area contributed by atoms with Crippen molar-refractivity contribution in [1.29, 1.82) is 0 Å². The van der Waals surface area contributed by atoms with Crippen LogP contribution in [0.25, 0.3) is 0 Å². The van der Waals surface area contributed by atoms with Gasteiger partial charge in [-0.2, -0.15) is 0 Å². The summed E-state index contributed by atoms with van der Waals surface area (Å²) in [5, 5.41) is 0. The molecule has 2 atom stereocenters. The van der Waals surface area contributed by atoms with Crippen LogP contribution in [0.5, 0.6) is 0 Å².